The second-order valence-electron chi connectivity index (χ2n) is 7.88. The van der Waals surface area contributed by atoms with Crippen LogP contribution in [0.25, 0.3) is 0 Å². The van der Waals surface area contributed by atoms with Crippen LogP contribution >= 0.6 is 0 Å². The number of hydrogen-bond acceptors (Lipinski definition) is 6. The minimum absolute atomic E-state index is 0.00463. The van der Waals surface area contributed by atoms with Gasteiger partial charge in [0.05, 0.1) is 6.21 Å². The molecule has 1 saturated heterocycles. The summed E-state index contributed by atoms with van der Waals surface area (Å²) in [4.78, 5) is 18.1. The fraction of sp³-hybridized carbons (Fsp3) is 0.280. The zero-order valence-corrected chi connectivity index (χ0v) is 18.4. The number of halogens is 1. The van der Waals surface area contributed by atoms with Crippen molar-refractivity contribution in [1.29, 1.82) is 0 Å². The summed E-state index contributed by atoms with van der Waals surface area (Å²) >= 11 is 0. The number of carbonyl (C=O) groups excluding carboxylic acids is 1. The fourth-order valence-electron chi connectivity index (χ4n) is 3.52. The van der Waals surface area contributed by atoms with E-state index in [1.165, 1.54) is 18.3 Å². The van der Waals surface area contributed by atoms with Crippen molar-refractivity contribution < 1.29 is 23.8 Å². The molecule has 2 aromatic carbocycles. The van der Waals surface area contributed by atoms with Crippen LogP contribution in [0.5, 0.6) is 11.5 Å². The van der Waals surface area contributed by atoms with Crippen LogP contribution in [0.15, 0.2) is 76.4 Å². The average molecular weight is 464 g/mol. The first-order chi connectivity index (χ1) is 16.5. The van der Waals surface area contributed by atoms with Crippen LogP contribution in [-0.4, -0.2) is 47.7 Å². The van der Waals surface area contributed by atoms with Crippen LogP contribution in [0.4, 0.5) is 9.18 Å². The molecule has 9 heteroatoms. The summed E-state index contributed by atoms with van der Waals surface area (Å²) in [5, 5.41) is 12.0. The number of carbonyl (C=O) groups is 1. The zero-order chi connectivity index (χ0) is 23.9. The molecule has 34 heavy (non-hydrogen) atoms. The van der Waals surface area contributed by atoms with Crippen LogP contribution in [-0.2, 0) is 6.61 Å². The van der Waals surface area contributed by atoms with Crippen LogP contribution in [0, 0.1) is 5.82 Å². The molecule has 1 atom stereocenters. The Bertz CT molecular complexity index is 1160. The summed E-state index contributed by atoms with van der Waals surface area (Å²) in [5.74, 6) is 1.10. The van der Waals surface area contributed by atoms with Gasteiger partial charge in [-0.3, -0.25) is 5.32 Å². The molecule has 0 aromatic heterocycles. The van der Waals surface area contributed by atoms with Crippen LogP contribution in [0.3, 0.4) is 0 Å². The molecule has 1 fully saturated rings. The second-order valence-corrected chi connectivity index (χ2v) is 7.88. The van der Waals surface area contributed by atoms with Crippen molar-refractivity contribution in [2.45, 2.75) is 31.8 Å². The topological polar surface area (TPSA) is 109 Å². The fourth-order valence-corrected chi connectivity index (χ4v) is 3.52. The number of aliphatic imine (C=N–C) groups is 1. The van der Waals surface area contributed by atoms with Gasteiger partial charge < -0.3 is 25.2 Å². The number of nitrogens with zero attached hydrogens (tertiary/aromatic N) is 2. The van der Waals surface area contributed by atoms with E-state index >= 15 is 0 Å². The van der Waals surface area contributed by atoms with Gasteiger partial charge in [0.1, 0.15) is 41.4 Å². The summed E-state index contributed by atoms with van der Waals surface area (Å²) in [6, 6.07) is 13.3. The molecule has 2 amide bonds. The predicted octanol–water partition coefficient (Wildman–Crippen LogP) is 2.84. The van der Waals surface area contributed by atoms with E-state index in [9.17, 15) is 14.3 Å². The zero-order valence-electron chi connectivity index (χ0n) is 18.4. The van der Waals surface area contributed by atoms with Crippen molar-refractivity contribution in [2.75, 3.05) is 13.1 Å². The molecular formula is C25H25FN4O4. The molecule has 0 spiro atoms. The molecule has 2 aliphatic rings. The monoisotopic (exact) mass is 464 g/mol. The lowest BCUT2D eigenvalue weighted by Gasteiger charge is -2.32. The van der Waals surface area contributed by atoms with Gasteiger partial charge in [-0.2, -0.15) is 0 Å². The van der Waals surface area contributed by atoms with E-state index in [-0.39, 0.29) is 30.3 Å². The first-order valence-electron chi connectivity index (χ1n) is 10.9. The highest BCUT2D eigenvalue weighted by atomic mass is 19.1. The van der Waals surface area contributed by atoms with E-state index in [2.05, 4.69) is 21.8 Å². The van der Waals surface area contributed by atoms with Crippen molar-refractivity contribution in [1.82, 2.24) is 10.2 Å². The van der Waals surface area contributed by atoms with Crippen LogP contribution < -0.4 is 20.5 Å². The van der Waals surface area contributed by atoms with E-state index in [4.69, 9.17) is 15.2 Å². The van der Waals surface area contributed by atoms with Crippen molar-refractivity contribution in [3.63, 3.8) is 0 Å². The third-order valence-corrected chi connectivity index (χ3v) is 5.33. The molecule has 8 nitrogen and oxygen atoms in total. The van der Waals surface area contributed by atoms with E-state index < -0.39 is 6.23 Å². The SMILES string of the molecule is NC(O)C1=C=C=C(NC(=O)N2CCC(Oc3ccc(OCc4cccc(F)c4)cc3)CC2)C=N1. The molecule has 0 bridgehead atoms. The van der Waals surface area contributed by atoms with Crippen molar-refractivity contribution in [3.05, 3.63) is 82.8 Å². The third kappa shape index (κ3) is 6.34. The van der Waals surface area contributed by atoms with Gasteiger partial charge in [0.25, 0.3) is 0 Å². The third-order valence-electron chi connectivity index (χ3n) is 5.33. The highest BCUT2D eigenvalue weighted by Gasteiger charge is 2.24. The maximum atomic E-state index is 13.3. The summed E-state index contributed by atoms with van der Waals surface area (Å²) in [5.41, 5.74) is 11.9. The predicted molar refractivity (Wildman–Crippen MR) is 124 cm³/mol. The number of allylic oxidation sites excluding steroid dienone is 1. The van der Waals surface area contributed by atoms with Crippen molar-refractivity contribution >= 4 is 12.2 Å². The largest absolute Gasteiger partial charge is 0.490 e. The number of likely N-dealkylation sites (tertiary alicyclic amines) is 1. The average Bonchev–Trinajstić information content (AvgIpc) is 2.84. The molecule has 0 saturated carbocycles. The van der Waals surface area contributed by atoms with Gasteiger partial charge in [0, 0.05) is 25.9 Å². The molecule has 0 aliphatic carbocycles. The van der Waals surface area contributed by atoms with Crippen molar-refractivity contribution in [3.8, 4) is 11.5 Å². The van der Waals surface area contributed by atoms with E-state index in [1.54, 1.807) is 11.0 Å². The number of aliphatic hydroxyl groups is 1. The van der Waals surface area contributed by atoms with E-state index in [0.29, 0.717) is 37.4 Å². The normalized spacial score (nSPS) is 16.5. The van der Waals surface area contributed by atoms with Gasteiger partial charge in [0.15, 0.2) is 6.23 Å². The molecule has 2 heterocycles. The Kier molecular flexibility index (Phi) is 7.42. The van der Waals surface area contributed by atoms with Gasteiger partial charge in [-0.05, 0) is 53.4 Å². The molecule has 4 rings (SSSR count). The summed E-state index contributed by atoms with van der Waals surface area (Å²) in [6.45, 7) is 1.37. The molecule has 1 unspecified atom stereocenters. The molecule has 2 aliphatic heterocycles. The standard InChI is InChI=1S/C25H25FN4O4/c26-18-3-1-2-17(14-18)16-33-20-5-7-21(8-6-20)34-22-10-12-30(13-11-22)25(32)29-19-4-9-23(24(27)31)28-15-19/h1-3,5-8,14-15,22,24,31H,10-13,16,27H2,(H,29,32). The summed E-state index contributed by atoms with van der Waals surface area (Å²) in [6.07, 6.45) is 1.52. The Hall–Kier alpha value is -3.87. The number of amides is 2. The number of urea groups is 1. The number of rotatable bonds is 7. The second kappa shape index (κ2) is 10.8. The number of nitrogens with two attached hydrogens (primary N) is 1. The number of ether oxygens (including phenoxy) is 2. The van der Waals surface area contributed by atoms with Gasteiger partial charge >= 0.3 is 6.03 Å². The smallest absolute Gasteiger partial charge is 0.322 e. The Balaban J connectivity index is 1.22. The lowest BCUT2D eigenvalue weighted by Crippen LogP contribution is -2.46. The van der Waals surface area contributed by atoms with Gasteiger partial charge in [-0.25, -0.2) is 14.2 Å². The Morgan fingerprint density at radius 1 is 1.21 bits per heavy atom. The molecular weight excluding hydrogens is 439 g/mol. The maximum Gasteiger partial charge on any atom is 0.322 e. The van der Waals surface area contributed by atoms with Crippen LogP contribution in [0.2, 0.25) is 0 Å². The Labute approximate surface area is 196 Å². The lowest BCUT2D eigenvalue weighted by molar-refractivity contribution is 0.112. The molecule has 2 aromatic rings. The Morgan fingerprint density at radius 2 is 1.94 bits per heavy atom. The maximum absolute atomic E-state index is 13.3. The van der Waals surface area contributed by atoms with Crippen LogP contribution in [0.1, 0.15) is 18.4 Å². The lowest BCUT2D eigenvalue weighted by atomic mass is 10.1. The van der Waals surface area contributed by atoms with E-state index in [1.807, 2.05) is 30.3 Å². The number of piperidine rings is 1. The molecule has 4 N–H and O–H groups in total. The highest BCUT2D eigenvalue weighted by Crippen LogP contribution is 2.23. The van der Waals surface area contributed by atoms with E-state index in [0.717, 1.165) is 11.3 Å². The first-order valence-corrected chi connectivity index (χ1v) is 10.9. The first kappa shape index (κ1) is 23.3. The number of nitrogens with one attached hydrogen (secondary N) is 1. The van der Waals surface area contributed by atoms with Gasteiger partial charge in [-0.15, -0.1) is 0 Å². The minimum Gasteiger partial charge on any atom is -0.490 e. The number of hydrogen-bond donors (Lipinski definition) is 3. The number of benzene rings is 2. The highest BCUT2D eigenvalue weighted by molar-refractivity contribution is 5.88. The summed E-state index contributed by atoms with van der Waals surface area (Å²) < 4.78 is 25.0. The van der Waals surface area contributed by atoms with Gasteiger partial charge in [0.2, 0.25) is 0 Å². The Morgan fingerprint density at radius 3 is 2.59 bits per heavy atom. The summed E-state index contributed by atoms with van der Waals surface area (Å²) in [7, 11) is 0. The number of aliphatic hydroxyl groups excluding tert-OH is 1. The molecule has 176 valence electrons. The van der Waals surface area contributed by atoms with Crippen molar-refractivity contribution in [2.24, 2.45) is 10.7 Å². The quantitative estimate of drug-likeness (QED) is 0.431. The minimum atomic E-state index is -1.23. The van der Waals surface area contributed by atoms with Gasteiger partial charge in [-0.1, -0.05) is 12.1 Å². The molecule has 0 radical (unpaired) electrons.